The molecule has 0 aliphatic rings. The summed E-state index contributed by atoms with van der Waals surface area (Å²) in [5.74, 6) is -0.469. The summed E-state index contributed by atoms with van der Waals surface area (Å²) in [5.41, 5.74) is 6.23. The van der Waals surface area contributed by atoms with E-state index < -0.39 is 5.97 Å². The largest absolute Gasteiger partial charge is 0.481 e. The Morgan fingerprint density at radius 3 is 3.00 bits per heavy atom. The first-order chi connectivity index (χ1) is 6.09. The molecule has 0 aliphatic heterocycles. The zero-order valence-electron chi connectivity index (χ0n) is 6.78. The number of rotatable bonds is 3. The molecule has 1 aromatic heterocycles. The van der Waals surface area contributed by atoms with Crippen molar-refractivity contribution in [2.75, 3.05) is 5.73 Å². The zero-order chi connectivity index (χ0) is 9.84. The summed E-state index contributed by atoms with van der Waals surface area (Å²) in [6.07, 6.45) is 1.90. The van der Waals surface area contributed by atoms with E-state index in [-0.39, 0.29) is 6.42 Å². The number of nitrogens with one attached hydrogen (secondary N) is 1. The van der Waals surface area contributed by atoms with Crippen molar-refractivity contribution < 1.29 is 9.90 Å². The Balaban J connectivity index is 2.78. The van der Waals surface area contributed by atoms with Gasteiger partial charge >= 0.3 is 5.97 Å². The number of anilines is 1. The van der Waals surface area contributed by atoms with Crippen molar-refractivity contribution in [1.29, 1.82) is 0 Å². The number of carbonyl (C=O) groups is 1. The highest BCUT2D eigenvalue weighted by atomic mass is 32.1. The second-order valence-electron chi connectivity index (χ2n) is 2.52. The van der Waals surface area contributed by atoms with Gasteiger partial charge in [0.1, 0.15) is 5.82 Å². The molecule has 13 heavy (non-hydrogen) atoms. The number of aromatic nitrogens is 2. The van der Waals surface area contributed by atoms with Gasteiger partial charge < -0.3 is 15.8 Å². The topological polar surface area (TPSA) is 92.0 Å². The molecule has 0 bridgehead atoms. The molecule has 6 heteroatoms. The molecular formula is C7H9N3O2S. The second-order valence-corrected chi connectivity index (χ2v) is 2.91. The van der Waals surface area contributed by atoms with Crippen molar-refractivity contribution in [1.82, 2.24) is 9.97 Å². The minimum absolute atomic E-state index is 0.0382. The van der Waals surface area contributed by atoms with Crippen LogP contribution < -0.4 is 5.73 Å². The highest BCUT2D eigenvalue weighted by Gasteiger charge is 2.02. The highest BCUT2D eigenvalue weighted by molar-refractivity contribution is 7.71. The first kappa shape index (κ1) is 9.66. The average molecular weight is 199 g/mol. The van der Waals surface area contributed by atoms with E-state index in [9.17, 15) is 4.79 Å². The van der Waals surface area contributed by atoms with E-state index in [0.717, 1.165) is 0 Å². The van der Waals surface area contributed by atoms with Gasteiger partial charge in [0.25, 0.3) is 0 Å². The lowest BCUT2D eigenvalue weighted by Crippen LogP contribution is -2.03. The quantitative estimate of drug-likeness (QED) is 0.624. The van der Waals surface area contributed by atoms with Crippen LogP contribution in [0.5, 0.6) is 0 Å². The van der Waals surface area contributed by atoms with Gasteiger partial charge in [0, 0.05) is 18.2 Å². The van der Waals surface area contributed by atoms with E-state index in [4.69, 9.17) is 23.1 Å². The van der Waals surface area contributed by atoms with Gasteiger partial charge in [-0.05, 0) is 18.6 Å². The van der Waals surface area contributed by atoms with Crippen molar-refractivity contribution in [2.45, 2.75) is 12.8 Å². The van der Waals surface area contributed by atoms with Crippen LogP contribution in [-0.4, -0.2) is 21.0 Å². The van der Waals surface area contributed by atoms with Crippen molar-refractivity contribution in [3.05, 3.63) is 16.5 Å². The van der Waals surface area contributed by atoms with Crippen LogP contribution in [0.2, 0.25) is 0 Å². The lowest BCUT2D eigenvalue weighted by Gasteiger charge is -2.01. The molecule has 0 fully saturated rings. The van der Waals surface area contributed by atoms with E-state index in [1.54, 1.807) is 0 Å². The molecule has 1 rings (SSSR count). The van der Waals surface area contributed by atoms with E-state index in [2.05, 4.69) is 9.97 Å². The fraction of sp³-hybridized carbons (Fsp3) is 0.286. The van der Waals surface area contributed by atoms with E-state index in [0.29, 0.717) is 22.6 Å². The number of carboxylic acids is 1. The number of nitrogens with two attached hydrogens (primary N) is 1. The lowest BCUT2D eigenvalue weighted by molar-refractivity contribution is -0.136. The van der Waals surface area contributed by atoms with Gasteiger partial charge in [-0.25, -0.2) is 4.98 Å². The predicted molar refractivity (Wildman–Crippen MR) is 49.8 cm³/mol. The molecule has 0 saturated heterocycles. The number of nitrogen functional groups attached to an aromatic ring is 1. The molecule has 70 valence electrons. The molecule has 0 saturated carbocycles. The summed E-state index contributed by atoms with van der Waals surface area (Å²) in [7, 11) is 0. The molecular weight excluding hydrogens is 190 g/mol. The summed E-state index contributed by atoms with van der Waals surface area (Å²) in [6, 6.07) is 0. The number of aromatic amines is 1. The van der Waals surface area contributed by atoms with Gasteiger partial charge in [-0.15, -0.1) is 0 Å². The highest BCUT2D eigenvalue weighted by Crippen LogP contribution is 2.08. The Morgan fingerprint density at radius 1 is 1.77 bits per heavy atom. The number of hydrogen-bond acceptors (Lipinski definition) is 4. The Labute approximate surface area is 79.6 Å². The summed E-state index contributed by atoms with van der Waals surface area (Å²) in [4.78, 5) is 16.7. The normalized spacial score (nSPS) is 9.85. The van der Waals surface area contributed by atoms with E-state index in [1.165, 1.54) is 6.20 Å². The zero-order valence-corrected chi connectivity index (χ0v) is 7.60. The molecule has 5 nitrogen and oxygen atoms in total. The summed E-state index contributed by atoms with van der Waals surface area (Å²) in [5, 5.41) is 8.43. The van der Waals surface area contributed by atoms with Gasteiger partial charge in [-0.1, -0.05) is 0 Å². The van der Waals surface area contributed by atoms with E-state index in [1.807, 2.05) is 0 Å². The molecule has 0 unspecified atom stereocenters. The number of H-pyrrole nitrogens is 1. The minimum atomic E-state index is -0.859. The van der Waals surface area contributed by atoms with Crippen molar-refractivity contribution in [3.63, 3.8) is 0 Å². The maximum Gasteiger partial charge on any atom is 0.303 e. The molecule has 1 aromatic rings. The summed E-state index contributed by atoms with van der Waals surface area (Å²) >= 11 is 4.73. The van der Waals surface area contributed by atoms with Crippen LogP contribution in [0, 0.1) is 4.77 Å². The second kappa shape index (κ2) is 3.99. The number of nitrogens with zero attached hydrogens (tertiary/aromatic N) is 1. The predicted octanol–water partition coefficient (Wildman–Crippen LogP) is 0.739. The van der Waals surface area contributed by atoms with Crippen LogP contribution in [-0.2, 0) is 11.2 Å². The van der Waals surface area contributed by atoms with Gasteiger partial charge in [0.05, 0.1) is 0 Å². The van der Waals surface area contributed by atoms with Gasteiger partial charge in [0.2, 0.25) is 0 Å². The fourth-order valence-corrected chi connectivity index (χ4v) is 1.04. The van der Waals surface area contributed by atoms with Crippen LogP contribution in [0.4, 0.5) is 5.82 Å². The van der Waals surface area contributed by atoms with Crippen LogP contribution in [0.3, 0.4) is 0 Å². The third-order valence-electron chi connectivity index (χ3n) is 1.53. The van der Waals surface area contributed by atoms with E-state index >= 15 is 0 Å². The summed E-state index contributed by atoms with van der Waals surface area (Å²) < 4.78 is 0.302. The van der Waals surface area contributed by atoms with Crippen molar-refractivity contribution >= 4 is 24.0 Å². The third kappa shape index (κ3) is 2.83. The standard InChI is InChI=1S/C7H9N3O2S/c8-6-4(1-2-5(11)12)3-9-7(13)10-6/h3H,1-2H2,(H,11,12)(H3,8,9,10,13). The van der Waals surface area contributed by atoms with Crippen LogP contribution in [0.1, 0.15) is 12.0 Å². The Morgan fingerprint density at radius 2 is 2.46 bits per heavy atom. The molecule has 4 N–H and O–H groups in total. The average Bonchev–Trinajstić information content (AvgIpc) is 2.02. The minimum Gasteiger partial charge on any atom is -0.481 e. The van der Waals surface area contributed by atoms with Crippen LogP contribution in [0.25, 0.3) is 0 Å². The first-order valence-corrected chi connectivity index (χ1v) is 4.06. The number of aryl methyl sites for hydroxylation is 1. The Hall–Kier alpha value is -1.43. The molecule has 0 spiro atoms. The number of hydrogen-bond donors (Lipinski definition) is 3. The summed E-state index contributed by atoms with van der Waals surface area (Å²) in [6.45, 7) is 0. The van der Waals surface area contributed by atoms with Crippen molar-refractivity contribution in [2.24, 2.45) is 0 Å². The number of aliphatic carboxylic acids is 1. The third-order valence-corrected chi connectivity index (χ3v) is 1.74. The first-order valence-electron chi connectivity index (χ1n) is 3.65. The van der Waals surface area contributed by atoms with Crippen LogP contribution in [0.15, 0.2) is 6.20 Å². The Bertz CT molecular complexity index is 374. The molecule has 0 atom stereocenters. The molecule has 0 amide bonds. The molecule has 0 radical (unpaired) electrons. The smallest absolute Gasteiger partial charge is 0.303 e. The lowest BCUT2D eigenvalue weighted by atomic mass is 10.2. The number of carboxylic acid groups (broad SMARTS) is 1. The van der Waals surface area contributed by atoms with Crippen molar-refractivity contribution in [3.8, 4) is 0 Å². The molecule has 0 aliphatic carbocycles. The van der Waals surface area contributed by atoms with Gasteiger partial charge in [-0.3, -0.25) is 4.79 Å². The Kier molecular flexibility index (Phi) is 2.97. The van der Waals surface area contributed by atoms with Gasteiger partial charge in [0.15, 0.2) is 4.77 Å². The molecule has 1 heterocycles. The SMILES string of the molecule is Nc1[nH]c(=S)ncc1CCC(=O)O. The maximum absolute atomic E-state index is 10.3. The monoisotopic (exact) mass is 199 g/mol. The maximum atomic E-state index is 10.3. The van der Waals surface area contributed by atoms with Gasteiger partial charge in [-0.2, -0.15) is 0 Å². The molecule has 0 aromatic carbocycles. The van der Waals surface area contributed by atoms with Crippen LogP contribution >= 0.6 is 12.2 Å². The fourth-order valence-electron chi connectivity index (χ4n) is 0.875.